The van der Waals surface area contributed by atoms with E-state index in [-0.39, 0.29) is 18.7 Å². The summed E-state index contributed by atoms with van der Waals surface area (Å²) in [5, 5.41) is 23.3. The smallest absolute Gasteiger partial charge is 0.326 e. The highest BCUT2D eigenvalue weighted by molar-refractivity contribution is 5.93. The number of carboxylic acid groups (broad SMARTS) is 1. The molecule has 1 unspecified atom stereocenters. The van der Waals surface area contributed by atoms with Crippen molar-refractivity contribution in [3.63, 3.8) is 0 Å². The van der Waals surface area contributed by atoms with Gasteiger partial charge in [0.05, 0.1) is 6.33 Å². The van der Waals surface area contributed by atoms with Crippen molar-refractivity contribution in [2.45, 2.75) is 25.9 Å². The molecule has 0 fully saturated rings. The Kier molecular flexibility index (Phi) is 5.78. The van der Waals surface area contributed by atoms with Crippen molar-refractivity contribution in [2.75, 3.05) is 5.32 Å². The number of rotatable bonds is 7. The number of primary amides is 1. The van der Waals surface area contributed by atoms with Gasteiger partial charge in [-0.05, 0) is 24.1 Å². The second kappa shape index (κ2) is 8.01. The predicted molar refractivity (Wildman–Crippen MR) is 91.8 cm³/mol. The van der Waals surface area contributed by atoms with Gasteiger partial charge in [-0.1, -0.05) is 19.1 Å². The van der Waals surface area contributed by atoms with Crippen molar-refractivity contribution in [2.24, 2.45) is 5.73 Å². The van der Waals surface area contributed by atoms with E-state index in [9.17, 15) is 19.5 Å². The van der Waals surface area contributed by atoms with E-state index in [1.807, 2.05) is 0 Å². The number of amides is 3. The summed E-state index contributed by atoms with van der Waals surface area (Å²) in [7, 11) is 0. The molecule has 1 aromatic heterocycles. The molecule has 10 heteroatoms. The Balaban J connectivity index is 2.01. The first kappa shape index (κ1) is 18.8. The van der Waals surface area contributed by atoms with Crippen LogP contribution in [0.3, 0.4) is 0 Å². The van der Waals surface area contributed by atoms with E-state index in [1.54, 1.807) is 31.2 Å². The summed E-state index contributed by atoms with van der Waals surface area (Å²) in [4.78, 5) is 37.7. The summed E-state index contributed by atoms with van der Waals surface area (Å²) in [5.41, 5.74) is 6.36. The highest BCUT2D eigenvalue weighted by atomic mass is 16.4. The van der Waals surface area contributed by atoms with Gasteiger partial charge in [-0.3, -0.25) is 4.79 Å². The Morgan fingerprint density at radius 3 is 2.46 bits per heavy atom. The number of carboxylic acids is 1. The number of nitrogens with one attached hydrogen (secondary N) is 2. The van der Waals surface area contributed by atoms with Crippen LogP contribution >= 0.6 is 0 Å². The van der Waals surface area contributed by atoms with Gasteiger partial charge >= 0.3 is 12.0 Å². The summed E-state index contributed by atoms with van der Waals surface area (Å²) in [6.07, 6.45) is 1.56. The van der Waals surface area contributed by atoms with E-state index >= 15 is 0 Å². The van der Waals surface area contributed by atoms with Crippen LogP contribution in [0.1, 0.15) is 29.4 Å². The van der Waals surface area contributed by atoms with Gasteiger partial charge in [0.1, 0.15) is 6.04 Å². The van der Waals surface area contributed by atoms with Crippen LogP contribution in [0.4, 0.5) is 10.5 Å². The van der Waals surface area contributed by atoms with E-state index in [0.29, 0.717) is 5.69 Å². The van der Waals surface area contributed by atoms with Crippen LogP contribution in [-0.4, -0.2) is 43.7 Å². The lowest BCUT2D eigenvalue weighted by atomic mass is 10.2. The molecule has 2 aromatic rings. The van der Waals surface area contributed by atoms with Crippen molar-refractivity contribution in [3.05, 3.63) is 41.9 Å². The van der Waals surface area contributed by atoms with Crippen LogP contribution < -0.4 is 16.4 Å². The minimum absolute atomic E-state index is 0.0918. The molecule has 0 aliphatic rings. The molecule has 26 heavy (non-hydrogen) atoms. The Morgan fingerprint density at radius 2 is 1.92 bits per heavy atom. The first-order valence-electron chi connectivity index (χ1n) is 7.75. The molecule has 138 valence electrons. The third-order valence-corrected chi connectivity index (χ3v) is 3.63. The lowest BCUT2D eigenvalue weighted by Gasteiger charge is -2.13. The monoisotopic (exact) mass is 361 g/mol. The number of nitrogens with zero attached hydrogens (tertiary/aromatic N) is 2. The van der Waals surface area contributed by atoms with Crippen LogP contribution in [0.25, 0.3) is 0 Å². The van der Waals surface area contributed by atoms with E-state index in [2.05, 4.69) is 15.6 Å². The van der Waals surface area contributed by atoms with Crippen molar-refractivity contribution in [3.8, 4) is 5.88 Å². The van der Waals surface area contributed by atoms with Gasteiger partial charge in [0.2, 0.25) is 5.88 Å². The maximum atomic E-state index is 11.8. The molecule has 1 heterocycles. The molecule has 0 saturated heterocycles. The number of imidazole rings is 1. The molecule has 6 N–H and O–H groups in total. The van der Waals surface area contributed by atoms with Crippen LogP contribution in [0.15, 0.2) is 30.6 Å². The Morgan fingerprint density at radius 1 is 1.27 bits per heavy atom. The molecule has 1 atom stereocenters. The zero-order valence-electron chi connectivity index (χ0n) is 14.0. The van der Waals surface area contributed by atoms with Gasteiger partial charge in [0.15, 0.2) is 5.69 Å². The number of hydrogen-bond donors (Lipinski definition) is 5. The molecule has 0 saturated carbocycles. The van der Waals surface area contributed by atoms with Crippen molar-refractivity contribution in [1.82, 2.24) is 14.9 Å². The molecule has 1 aromatic carbocycles. The van der Waals surface area contributed by atoms with Gasteiger partial charge in [-0.25, -0.2) is 14.6 Å². The fourth-order valence-corrected chi connectivity index (χ4v) is 2.30. The highest BCUT2D eigenvalue weighted by Gasteiger charge is 2.18. The largest absolute Gasteiger partial charge is 0.492 e. The van der Waals surface area contributed by atoms with Gasteiger partial charge in [0.25, 0.3) is 5.91 Å². The van der Waals surface area contributed by atoms with E-state index < -0.39 is 29.8 Å². The number of benzene rings is 1. The van der Waals surface area contributed by atoms with Gasteiger partial charge in [-0.2, -0.15) is 0 Å². The van der Waals surface area contributed by atoms with Gasteiger partial charge in [0, 0.05) is 12.2 Å². The first-order chi connectivity index (χ1) is 12.3. The summed E-state index contributed by atoms with van der Waals surface area (Å²) < 4.78 is 1.41. The average molecular weight is 361 g/mol. The Bertz CT molecular complexity index is 815. The third kappa shape index (κ3) is 4.50. The predicted octanol–water partition coefficient (Wildman–Crippen LogP) is 0.721. The van der Waals surface area contributed by atoms with Crippen LogP contribution in [0.5, 0.6) is 5.88 Å². The topological polar surface area (TPSA) is 160 Å². The maximum absolute atomic E-state index is 11.8. The Labute approximate surface area is 148 Å². The first-order valence-corrected chi connectivity index (χ1v) is 7.75. The molecule has 10 nitrogen and oxygen atoms in total. The number of urea groups is 1. The quantitative estimate of drug-likeness (QED) is 0.488. The molecule has 2 rings (SSSR count). The zero-order valence-corrected chi connectivity index (χ0v) is 14.0. The number of nitrogens with two attached hydrogens (primary N) is 1. The standard InChI is InChI=1S/C16H19N5O5/c1-2-11(15(24)25)20-16(26)19-10-5-3-9(4-6-10)7-21-8-18-14(23)12(21)13(17)22/h3-6,8,11,23H,2,7H2,1H3,(H2,17,22)(H,24,25)(H2,19,20,26). The number of carbonyl (C=O) groups excluding carboxylic acids is 2. The fraction of sp³-hybridized carbons (Fsp3) is 0.250. The van der Waals surface area contributed by atoms with Crippen LogP contribution in [0, 0.1) is 0 Å². The molecule has 0 bridgehead atoms. The molecule has 0 radical (unpaired) electrons. The van der Waals surface area contributed by atoms with E-state index in [4.69, 9.17) is 10.8 Å². The highest BCUT2D eigenvalue weighted by Crippen LogP contribution is 2.17. The summed E-state index contributed by atoms with van der Waals surface area (Å²) in [6, 6.07) is 5.06. The van der Waals surface area contributed by atoms with Crippen LogP contribution in [0.2, 0.25) is 0 Å². The van der Waals surface area contributed by atoms with Gasteiger partial charge in [-0.15, -0.1) is 0 Å². The van der Waals surface area contributed by atoms with Crippen molar-refractivity contribution < 1.29 is 24.6 Å². The van der Waals surface area contributed by atoms with Crippen molar-refractivity contribution >= 4 is 23.6 Å². The second-order valence-electron chi connectivity index (χ2n) is 5.50. The molecule has 0 spiro atoms. The summed E-state index contributed by atoms with van der Waals surface area (Å²) >= 11 is 0. The number of aromatic hydroxyl groups is 1. The third-order valence-electron chi connectivity index (χ3n) is 3.63. The molecular formula is C16H19N5O5. The van der Waals surface area contributed by atoms with E-state index in [0.717, 1.165) is 5.56 Å². The van der Waals surface area contributed by atoms with Crippen LogP contribution in [-0.2, 0) is 11.3 Å². The normalized spacial score (nSPS) is 11.6. The second-order valence-corrected chi connectivity index (χ2v) is 5.50. The van der Waals surface area contributed by atoms with Gasteiger partial charge < -0.3 is 31.1 Å². The minimum Gasteiger partial charge on any atom is -0.492 e. The SMILES string of the molecule is CCC(NC(=O)Nc1ccc(Cn2cnc(O)c2C(N)=O)cc1)C(=O)O. The van der Waals surface area contributed by atoms with E-state index in [1.165, 1.54) is 10.9 Å². The maximum Gasteiger partial charge on any atom is 0.326 e. The van der Waals surface area contributed by atoms with Crippen molar-refractivity contribution in [1.29, 1.82) is 0 Å². The summed E-state index contributed by atoms with van der Waals surface area (Å²) in [5.74, 6) is -2.33. The lowest BCUT2D eigenvalue weighted by molar-refractivity contribution is -0.139. The Hall–Kier alpha value is -3.56. The minimum atomic E-state index is -1.10. The molecular weight excluding hydrogens is 342 g/mol. The molecule has 3 amide bonds. The summed E-state index contributed by atoms with van der Waals surface area (Å²) in [6.45, 7) is 1.90. The number of carbonyl (C=O) groups is 3. The number of aromatic nitrogens is 2. The number of aliphatic carboxylic acids is 1. The zero-order chi connectivity index (χ0) is 19.3. The molecule has 0 aliphatic heterocycles. The number of anilines is 1. The fourth-order valence-electron chi connectivity index (χ4n) is 2.30. The molecule has 0 aliphatic carbocycles. The lowest BCUT2D eigenvalue weighted by Crippen LogP contribution is -2.42. The average Bonchev–Trinajstić information content (AvgIpc) is 2.94. The number of hydrogen-bond acceptors (Lipinski definition) is 5.